The summed E-state index contributed by atoms with van der Waals surface area (Å²) in [5.41, 5.74) is 1.48. The lowest BCUT2D eigenvalue weighted by Crippen LogP contribution is -1.72. The fraction of sp³-hybridized carbons (Fsp3) is 0.556. The van der Waals surface area contributed by atoms with Crippen LogP contribution in [0, 0.1) is 0 Å². The molecule has 0 aliphatic rings. The highest BCUT2D eigenvalue weighted by atomic mass is 13.9. The number of hydrogen-bond donors (Lipinski definition) is 0. The molecule has 52 valence electrons. The van der Waals surface area contributed by atoms with Crippen molar-refractivity contribution < 1.29 is 0 Å². The van der Waals surface area contributed by atoms with Gasteiger partial charge in [0.25, 0.3) is 0 Å². The van der Waals surface area contributed by atoms with Crippen LogP contribution in [0.15, 0.2) is 23.8 Å². The Hall–Kier alpha value is -0.520. The quantitative estimate of drug-likeness (QED) is 0.506. The summed E-state index contributed by atoms with van der Waals surface area (Å²) in [7, 11) is 0. The molecule has 0 saturated carbocycles. The van der Waals surface area contributed by atoms with Gasteiger partial charge in [-0.2, -0.15) is 0 Å². The molecular weight excluding hydrogens is 108 g/mol. The first-order valence-corrected chi connectivity index (χ1v) is 3.54. The molecule has 9 heavy (non-hydrogen) atoms. The Morgan fingerprint density at radius 1 is 1.33 bits per heavy atom. The second-order valence-corrected chi connectivity index (χ2v) is 2.24. The van der Waals surface area contributed by atoms with Gasteiger partial charge in [0.1, 0.15) is 0 Å². The minimum absolute atomic E-state index is 1.19. The molecule has 0 radical (unpaired) electrons. The molecule has 0 heterocycles. The van der Waals surface area contributed by atoms with Gasteiger partial charge < -0.3 is 0 Å². The van der Waals surface area contributed by atoms with Crippen molar-refractivity contribution in [2.75, 3.05) is 0 Å². The Bertz CT molecular complexity index is 107. The van der Waals surface area contributed by atoms with E-state index in [-0.39, 0.29) is 0 Å². The van der Waals surface area contributed by atoms with Gasteiger partial charge in [0.15, 0.2) is 0 Å². The van der Waals surface area contributed by atoms with E-state index in [9.17, 15) is 0 Å². The molecule has 0 saturated heterocycles. The standard InChI is InChI=1S/C9H16/c1-4-6-7-8-9(3)5-2/h4-6H,7-8H2,1-3H3. The molecular formula is C9H16. The first-order chi connectivity index (χ1) is 4.31. The summed E-state index contributed by atoms with van der Waals surface area (Å²) in [5, 5.41) is 0. The topological polar surface area (TPSA) is 0 Å². The zero-order chi connectivity index (χ0) is 7.11. The number of allylic oxidation sites excluding steroid dienone is 4. The van der Waals surface area contributed by atoms with Gasteiger partial charge in [0.05, 0.1) is 0 Å². The Balaban J connectivity index is 3.28. The summed E-state index contributed by atoms with van der Waals surface area (Å²) in [6, 6.07) is 0. The molecule has 0 heteroatoms. The third kappa shape index (κ3) is 5.35. The van der Waals surface area contributed by atoms with Crippen molar-refractivity contribution in [1.82, 2.24) is 0 Å². The maximum Gasteiger partial charge on any atom is -0.0288 e. The van der Waals surface area contributed by atoms with Crippen molar-refractivity contribution >= 4 is 0 Å². The summed E-state index contributed by atoms with van der Waals surface area (Å²) < 4.78 is 0. The van der Waals surface area contributed by atoms with Crippen molar-refractivity contribution in [3.63, 3.8) is 0 Å². The van der Waals surface area contributed by atoms with Crippen LogP contribution < -0.4 is 0 Å². The molecule has 0 aromatic heterocycles. The largest absolute Gasteiger partial charge is 0.0917 e. The van der Waals surface area contributed by atoms with Crippen LogP contribution in [0.25, 0.3) is 0 Å². The lowest BCUT2D eigenvalue weighted by molar-refractivity contribution is 0.972. The molecule has 0 aromatic carbocycles. The number of rotatable bonds is 3. The van der Waals surface area contributed by atoms with Gasteiger partial charge in [-0.05, 0) is 33.6 Å². The molecule has 0 atom stereocenters. The third-order valence-electron chi connectivity index (χ3n) is 1.43. The summed E-state index contributed by atoms with van der Waals surface area (Å²) in [4.78, 5) is 0. The lowest BCUT2D eigenvalue weighted by Gasteiger charge is -1.93. The monoisotopic (exact) mass is 124 g/mol. The van der Waals surface area contributed by atoms with E-state index in [1.165, 1.54) is 18.4 Å². The first kappa shape index (κ1) is 8.48. The molecule has 0 spiro atoms. The van der Waals surface area contributed by atoms with E-state index in [0.717, 1.165) is 0 Å². The van der Waals surface area contributed by atoms with Crippen LogP contribution in [0.1, 0.15) is 33.6 Å². The van der Waals surface area contributed by atoms with E-state index in [4.69, 9.17) is 0 Å². The van der Waals surface area contributed by atoms with Crippen LogP contribution in [-0.2, 0) is 0 Å². The van der Waals surface area contributed by atoms with E-state index in [1.54, 1.807) is 0 Å². The molecule has 0 rings (SSSR count). The van der Waals surface area contributed by atoms with Gasteiger partial charge in [-0.3, -0.25) is 0 Å². The van der Waals surface area contributed by atoms with Crippen LogP contribution in [0.4, 0.5) is 0 Å². The smallest absolute Gasteiger partial charge is 0.0288 e. The van der Waals surface area contributed by atoms with Crippen LogP contribution in [0.2, 0.25) is 0 Å². The SMILES string of the molecule is CC=CCCC(C)=CC. The summed E-state index contributed by atoms with van der Waals surface area (Å²) in [5.74, 6) is 0. The molecule has 0 amide bonds. The Morgan fingerprint density at radius 3 is 2.44 bits per heavy atom. The van der Waals surface area contributed by atoms with Crippen molar-refractivity contribution in [2.24, 2.45) is 0 Å². The summed E-state index contributed by atoms with van der Waals surface area (Å²) in [6.07, 6.45) is 8.87. The van der Waals surface area contributed by atoms with Crippen LogP contribution in [-0.4, -0.2) is 0 Å². The normalized spacial score (nSPS) is 13.0. The van der Waals surface area contributed by atoms with Gasteiger partial charge in [-0.15, -0.1) is 0 Å². The highest BCUT2D eigenvalue weighted by Crippen LogP contribution is 2.02. The van der Waals surface area contributed by atoms with E-state index in [2.05, 4.69) is 39.0 Å². The third-order valence-corrected chi connectivity index (χ3v) is 1.43. The van der Waals surface area contributed by atoms with Crippen LogP contribution in [0.3, 0.4) is 0 Å². The molecule has 0 aliphatic heterocycles. The molecule has 0 fully saturated rings. The number of hydrogen-bond acceptors (Lipinski definition) is 0. The second kappa shape index (κ2) is 5.61. The minimum atomic E-state index is 1.19. The molecule has 0 N–H and O–H groups in total. The molecule has 0 aliphatic carbocycles. The van der Waals surface area contributed by atoms with E-state index < -0.39 is 0 Å². The maximum absolute atomic E-state index is 2.20. The fourth-order valence-corrected chi connectivity index (χ4v) is 0.622. The second-order valence-electron chi connectivity index (χ2n) is 2.24. The van der Waals surface area contributed by atoms with E-state index >= 15 is 0 Å². The average molecular weight is 124 g/mol. The van der Waals surface area contributed by atoms with Crippen molar-refractivity contribution in [1.29, 1.82) is 0 Å². The minimum Gasteiger partial charge on any atom is -0.0917 e. The van der Waals surface area contributed by atoms with Gasteiger partial charge in [-0.25, -0.2) is 0 Å². The predicted molar refractivity (Wildman–Crippen MR) is 43.5 cm³/mol. The van der Waals surface area contributed by atoms with Crippen molar-refractivity contribution in [3.05, 3.63) is 23.8 Å². The summed E-state index contributed by atoms with van der Waals surface area (Å²) >= 11 is 0. The first-order valence-electron chi connectivity index (χ1n) is 3.54. The van der Waals surface area contributed by atoms with Gasteiger partial charge in [0, 0.05) is 0 Å². The molecule has 0 nitrogen and oxygen atoms in total. The zero-order valence-electron chi connectivity index (χ0n) is 6.65. The van der Waals surface area contributed by atoms with Crippen LogP contribution in [0.5, 0.6) is 0 Å². The highest BCUT2D eigenvalue weighted by molar-refractivity contribution is 4.97. The lowest BCUT2D eigenvalue weighted by atomic mass is 10.1. The Labute approximate surface area is 58.3 Å². The Morgan fingerprint density at radius 2 is 2.00 bits per heavy atom. The average Bonchev–Trinajstić information content (AvgIpc) is 1.89. The highest BCUT2D eigenvalue weighted by Gasteiger charge is 1.82. The van der Waals surface area contributed by atoms with Gasteiger partial charge >= 0.3 is 0 Å². The predicted octanol–water partition coefficient (Wildman–Crippen LogP) is 3.31. The maximum atomic E-state index is 2.20. The van der Waals surface area contributed by atoms with E-state index in [0.29, 0.717) is 0 Å². The zero-order valence-corrected chi connectivity index (χ0v) is 6.65. The Kier molecular flexibility index (Phi) is 5.29. The van der Waals surface area contributed by atoms with Crippen molar-refractivity contribution in [3.8, 4) is 0 Å². The van der Waals surface area contributed by atoms with Gasteiger partial charge in [0.2, 0.25) is 0 Å². The molecule has 0 bridgehead atoms. The summed E-state index contributed by atoms with van der Waals surface area (Å²) in [6.45, 7) is 6.32. The van der Waals surface area contributed by atoms with Crippen LogP contribution >= 0.6 is 0 Å². The van der Waals surface area contributed by atoms with Crippen molar-refractivity contribution in [2.45, 2.75) is 33.6 Å². The molecule has 0 unspecified atom stereocenters. The fourth-order valence-electron chi connectivity index (χ4n) is 0.622. The van der Waals surface area contributed by atoms with Gasteiger partial charge in [-0.1, -0.05) is 23.8 Å². The molecule has 0 aromatic rings. The van der Waals surface area contributed by atoms with E-state index in [1.807, 2.05) is 0 Å².